The zero-order valence-corrected chi connectivity index (χ0v) is 6.45. The van der Waals surface area contributed by atoms with Gasteiger partial charge in [0, 0.05) is 13.2 Å². The van der Waals surface area contributed by atoms with Crippen LogP contribution in [0.1, 0.15) is 6.42 Å². The Morgan fingerprint density at radius 1 is 1.70 bits per heavy atom. The molecule has 0 aliphatic carbocycles. The Morgan fingerprint density at radius 3 is 3.00 bits per heavy atom. The molecular formula is C5H11N3OS. The summed E-state index contributed by atoms with van der Waals surface area (Å²) in [4.78, 5) is 0. The number of hydrazine groups is 1. The van der Waals surface area contributed by atoms with E-state index < -0.39 is 0 Å². The molecule has 0 spiro atoms. The van der Waals surface area contributed by atoms with Crippen LogP contribution in [0, 0.1) is 0 Å². The Morgan fingerprint density at radius 2 is 2.50 bits per heavy atom. The summed E-state index contributed by atoms with van der Waals surface area (Å²) in [6.45, 7) is 1.67. The van der Waals surface area contributed by atoms with Crippen molar-refractivity contribution < 1.29 is 5.11 Å². The van der Waals surface area contributed by atoms with Gasteiger partial charge in [-0.3, -0.25) is 5.01 Å². The van der Waals surface area contributed by atoms with Crippen molar-refractivity contribution in [2.45, 2.75) is 6.42 Å². The fraction of sp³-hybridized carbons (Fsp3) is 0.800. The Balaban J connectivity index is 2.20. The smallest absolute Gasteiger partial charge is 0.184 e. The zero-order valence-electron chi connectivity index (χ0n) is 5.63. The largest absolute Gasteiger partial charge is 0.396 e. The van der Waals surface area contributed by atoms with Crippen molar-refractivity contribution in [3.8, 4) is 0 Å². The van der Waals surface area contributed by atoms with Crippen LogP contribution in [-0.2, 0) is 0 Å². The standard InChI is InChI=1S/C5H11N3OS/c9-3-1-2-8-5(10)6-4-7-8/h7,9H,1-4H2,(H,6,10). The molecule has 0 atom stereocenters. The molecule has 5 heteroatoms. The lowest BCUT2D eigenvalue weighted by molar-refractivity contribution is 0.254. The summed E-state index contributed by atoms with van der Waals surface area (Å²) in [5.74, 6) is 0. The lowest BCUT2D eigenvalue weighted by Crippen LogP contribution is -2.35. The number of hydrogen-bond acceptors (Lipinski definition) is 3. The molecule has 0 radical (unpaired) electrons. The molecule has 0 saturated carbocycles. The molecule has 1 rings (SSSR count). The van der Waals surface area contributed by atoms with Gasteiger partial charge in [-0.15, -0.1) is 0 Å². The second-order valence-electron chi connectivity index (χ2n) is 2.05. The van der Waals surface area contributed by atoms with Gasteiger partial charge in [-0.25, -0.2) is 5.43 Å². The molecule has 1 aliphatic heterocycles. The highest BCUT2D eigenvalue weighted by Gasteiger charge is 2.13. The van der Waals surface area contributed by atoms with Crippen molar-refractivity contribution in [3.63, 3.8) is 0 Å². The number of rotatable bonds is 3. The van der Waals surface area contributed by atoms with Crippen LogP contribution in [0.15, 0.2) is 0 Å². The fourth-order valence-electron chi connectivity index (χ4n) is 0.787. The van der Waals surface area contributed by atoms with E-state index in [0.29, 0.717) is 11.8 Å². The number of thiocarbonyl (C=S) groups is 1. The lowest BCUT2D eigenvalue weighted by atomic mass is 10.4. The predicted octanol–water partition coefficient (Wildman–Crippen LogP) is -0.979. The number of aliphatic hydroxyl groups excluding tert-OH is 1. The highest BCUT2D eigenvalue weighted by Crippen LogP contribution is 1.92. The first kappa shape index (κ1) is 7.71. The molecule has 1 aliphatic rings. The third-order valence-corrected chi connectivity index (χ3v) is 1.66. The number of hydrogen-bond donors (Lipinski definition) is 3. The maximum absolute atomic E-state index is 8.49. The first-order valence-electron chi connectivity index (χ1n) is 3.24. The topological polar surface area (TPSA) is 47.5 Å². The molecule has 0 amide bonds. The average molecular weight is 161 g/mol. The Hall–Kier alpha value is -0.390. The van der Waals surface area contributed by atoms with Gasteiger partial charge in [0.1, 0.15) is 0 Å². The Bertz CT molecular complexity index is 130. The van der Waals surface area contributed by atoms with Crippen molar-refractivity contribution in [1.29, 1.82) is 0 Å². The zero-order chi connectivity index (χ0) is 7.40. The second-order valence-corrected chi connectivity index (χ2v) is 2.43. The van der Waals surface area contributed by atoms with Crippen LogP contribution < -0.4 is 10.7 Å². The van der Waals surface area contributed by atoms with Crippen molar-refractivity contribution in [3.05, 3.63) is 0 Å². The summed E-state index contributed by atoms with van der Waals surface area (Å²) in [6, 6.07) is 0. The van der Waals surface area contributed by atoms with Crippen molar-refractivity contribution in [2.24, 2.45) is 0 Å². The van der Waals surface area contributed by atoms with E-state index in [-0.39, 0.29) is 6.61 Å². The minimum atomic E-state index is 0.209. The number of nitrogens with zero attached hydrogens (tertiary/aromatic N) is 1. The minimum absolute atomic E-state index is 0.209. The Labute approximate surface area is 65.2 Å². The molecule has 3 N–H and O–H groups in total. The molecule has 4 nitrogen and oxygen atoms in total. The highest BCUT2D eigenvalue weighted by molar-refractivity contribution is 7.80. The van der Waals surface area contributed by atoms with Crippen LogP contribution >= 0.6 is 12.2 Å². The van der Waals surface area contributed by atoms with E-state index >= 15 is 0 Å². The molecular weight excluding hydrogens is 150 g/mol. The maximum Gasteiger partial charge on any atom is 0.184 e. The molecule has 0 aromatic heterocycles. The van der Waals surface area contributed by atoms with E-state index in [9.17, 15) is 0 Å². The van der Waals surface area contributed by atoms with Gasteiger partial charge in [0.2, 0.25) is 0 Å². The van der Waals surface area contributed by atoms with Crippen LogP contribution in [-0.4, -0.2) is 35.0 Å². The van der Waals surface area contributed by atoms with Crippen molar-refractivity contribution in [2.75, 3.05) is 19.8 Å². The average Bonchev–Trinajstić information content (AvgIpc) is 2.31. The van der Waals surface area contributed by atoms with Crippen molar-refractivity contribution in [1.82, 2.24) is 15.8 Å². The molecule has 0 aromatic carbocycles. The minimum Gasteiger partial charge on any atom is -0.396 e. The van der Waals surface area contributed by atoms with Gasteiger partial charge in [0.05, 0.1) is 6.67 Å². The second kappa shape index (κ2) is 3.70. The fourth-order valence-corrected chi connectivity index (χ4v) is 1.02. The molecule has 58 valence electrons. The summed E-state index contributed by atoms with van der Waals surface area (Å²) in [5, 5.41) is 14.0. The quantitative estimate of drug-likeness (QED) is 0.464. The van der Waals surface area contributed by atoms with Gasteiger partial charge >= 0.3 is 0 Å². The van der Waals surface area contributed by atoms with Crippen LogP contribution in [0.4, 0.5) is 0 Å². The van der Waals surface area contributed by atoms with Gasteiger partial charge in [-0.2, -0.15) is 0 Å². The third kappa shape index (κ3) is 1.80. The first-order chi connectivity index (χ1) is 4.84. The molecule has 10 heavy (non-hydrogen) atoms. The molecule has 1 heterocycles. The first-order valence-corrected chi connectivity index (χ1v) is 3.65. The van der Waals surface area contributed by atoms with Crippen LogP contribution in [0.3, 0.4) is 0 Å². The van der Waals surface area contributed by atoms with Gasteiger partial charge in [-0.05, 0) is 18.6 Å². The predicted molar refractivity (Wildman–Crippen MR) is 42.1 cm³/mol. The summed E-state index contributed by atoms with van der Waals surface area (Å²) < 4.78 is 0. The molecule has 0 aromatic rings. The van der Waals surface area contributed by atoms with Gasteiger partial charge in [0.15, 0.2) is 5.11 Å². The summed E-state index contributed by atoms with van der Waals surface area (Å²) in [5.41, 5.74) is 3.01. The van der Waals surface area contributed by atoms with Gasteiger partial charge in [-0.1, -0.05) is 0 Å². The Kier molecular flexibility index (Phi) is 2.85. The molecule has 1 fully saturated rings. The maximum atomic E-state index is 8.49. The van der Waals surface area contributed by atoms with Crippen LogP contribution in [0.25, 0.3) is 0 Å². The summed E-state index contributed by atoms with van der Waals surface area (Å²) in [6.07, 6.45) is 0.745. The lowest BCUT2D eigenvalue weighted by Gasteiger charge is -2.14. The summed E-state index contributed by atoms with van der Waals surface area (Å²) >= 11 is 4.92. The third-order valence-electron chi connectivity index (χ3n) is 1.29. The van der Waals surface area contributed by atoms with E-state index in [1.165, 1.54) is 0 Å². The van der Waals surface area contributed by atoms with Gasteiger partial charge in [0.25, 0.3) is 0 Å². The van der Waals surface area contributed by atoms with E-state index in [0.717, 1.165) is 13.0 Å². The van der Waals surface area contributed by atoms with Crippen molar-refractivity contribution >= 4 is 17.3 Å². The van der Waals surface area contributed by atoms with E-state index in [1.54, 1.807) is 0 Å². The number of aliphatic hydroxyl groups is 1. The van der Waals surface area contributed by atoms with E-state index in [4.69, 9.17) is 17.3 Å². The highest BCUT2D eigenvalue weighted by atomic mass is 32.1. The van der Waals surface area contributed by atoms with Crippen LogP contribution in [0.5, 0.6) is 0 Å². The number of nitrogens with one attached hydrogen (secondary N) is 2. The molecule has 0 bridgehead atoms. The van der Waals surface area contributed by atoms with Crippen LogP contribution in [0.2, 0.25) is 0 Å². The van der Waals surface area contributed by atoms with Gasteiger partial charge < -0.3 is 10.4 Å². The van der Waals surface area contributed by atoms with E-state index in [2.05, 4.69) is 10.7 Å². The summed E-state index contributed by atoms with van der Waals surface area (Å²) in [7, 11) is 0. The SMILES string of the molecule is OCCCN1NCNC1=S. The molecule has 0 unspecified atom stereocenters. The molecule has 1 saturated heterocycles. The normalized spacial score (nSPS) is 17.7. The monoisotopic (exact) mass is 161 g/mol. The van der Waals surface area contributed by atoms with E-state index in [1.807, 2.05) is 5.01 Å².